The lowest BCUT2D eigenvalue weighted by Crippen LogP contribution is -2.22. The van der Waals surface area contributed by atoms with Crippen molar-refractivity contribution < 1.29 is 0 Å². The molecular weight excluding hydrogens is 194 g/mol. The van der Waals surface area contributed by atoms with Gasteiger partial charge in [-0.2, -0.15) is 0 Å². The molecule has 1 heteroatoms. The van der Waals surface area contributed by atoms with E-state index >= 15 is 0 Å². The van der Waals surface area contributed by atoms with Crippen molar-refractivity contribution in [3.8, 4) is 0 Å². The lowest BCUT2D eigenvalue weighted by Gasteiger charge is -2.23. The molecule has 0 aromatic rings. The van der Waals surface area contributed by atoms with Gasteiger partial charge >= 0.3 is 0 Å². The molecule has 2 aliphatic rings. The molecule has 16 heavy (non-hydrogen) atoms. The molecule has 1 nitrogen and oxygen atoms in total. The zero-order valence-corrected chi connectivity index (χ0v) is 10.7. The second-order valence-electron chi connectivity index (χ2n) is 5.28. The van der Waals surface area contributed by atoms with E-state index in [1.807, 2.05) is 0 Å². The standard InChI is InChI=1S/C15H21N/c1-5-12-9-7-6-8-10-13-14(12)15(2,3)11-16(13)4/h5,7-10H,6,11H2,1-4H3/b9-7-,10-8-,12-5+. The lowest BCUT2D eigenvalue weighted by molar-refractivity contribution is 0.348. The largest absolute Gasteiger partial charge is 0.373 e. The van der Waals surface area contributed by atoms with Crippen LogP contribution in [0.25, 0.3) is 0 Å². The Morgan fingerprint density at radius 1 is 1.25 bits per heavy atom. The Hall–Kier alpha value is -1.24. The molecule has 0 saturated heterocycles. The van der Waals surface area contributed by atoms with Crippen molar-refractivity contribution in [2.45, 2.75) is 27.2 Å². The summed E-state index contributed by atoms with van der Waals surface area (Å²) in [6.45, 7) is 7.90. The quantitative estimate of drug-likeness (QED) is 0.596. The molecule has 0 unspecified atom stereocenters. The van der Waals surface area contributed by atoms with Crippen LogP contribution in [-0.4, -0.2) is 18.5 Å². The Balaban J connectivity index is 2.60. The van der Waals surface area contributed by atoms with Crippen LogP contribution in [0.2, 0.25) is 0 Å². The van der Waals surface area contributed by atoms with E-state index in [4.69, 9.17) is 0 Å². The third-order valence-corrected chi connectivity index (χ3v) is 3.42. The predicted molar refractivity (Wildman–Crippen MR) is 70.1 cm³/mol. The van der Waals surface area contributed by atoms with E-state index in [-0.39, 0.29) is 5.41 Å². The van der Waals surface area contributed by atoms with Crippen LogP contribution in [0, 0.1) is 5.41 Å². The average Bonchev–Trinajstić information content (AvgIpc) is 2.36. The minimum Gasteiger partial charge on any atom is -0.373 e. The van der Waals surface area contributed by atoms with Gasteiger partial charge in [0.05, 0.1) is 0 Å². The first-order valence-corrected chi connectivity index (χ1v) is 6.02. The summed E-state index contributed by atoms with van der Waals surface area (Å²) in [6.07, 6.45) is 12.3. The van der Waals surface area contributed by atoms with Crippen LogP contribution in [0.5, 0.6) is 0 Å². The molecule has 1 aliphatic heterocycles. The lowest BCUT2D eigenvalue weighted by atomic mass is 9.80. The van der Waals surface area contributed by atoms with Gasteiger partial charge in [-0.25, -0.2) is 0 Å². The van der Waals surface area contributed by atoms with E-state index in [9.17, 15) is 0 Å². The second kappa shape index (κ2) is 3.97. The maximum atomic E-state index is 2.37. The number of hydrogen-bond donors (Lipinski definition) is 0. The number of likely N-dealkylation sites (N-methyl/N-ethyl adjacent to an activating group) is 1. The molecule has 2 rings (SSSR count). The minimum absolute atomic E-state index is 0.248. The zero-order valence-electron chi connectivity index (χ0n) is 10.7. The van der Waals surface area contributed by atoms with Gasteiger partial charge in [-0.15, -0.1) is 0 Å². The van der Waals surface area contributed by atoms with Crippen LogP contribution < -0.4 is 0 Å². The van der Waals surface area contributed by atoms with Crippen molar-refractivity contribution in [3.63, 3.8) is 0 Å². The highest BCUT2D eigenvalue weighted by Crippen LogP contribution is 2.43. The second-order valence-corrected chi connectivity index (χ2v) is 5.28. The summed E-state index contributed by atoms with van der Waals surface area (Å²) in [7, 11) is 2.19. The molecule has 0 spiro atoms. The molecule has 86 valence electrons. The van der Waals surface area contributed by atoms with Gasteiger partial charge in [-0.3, -0.25) is 0 Å². The van der Waals surface area contributed by atoms with E-state index in [0.29, 0.717) is 0 Å². The molecular formula is C15H21N. The number of rotatable bonds is 0. The molecule has 0 aromatic heterocycles. The monoisotopic (exact) mass is 215 g/mol. The summed E-state index contributed by atoms with van der Waals surface area (Å²) in [5.41, 5.74) is 4.51. The Labute approximate surface area is 98.8 Å². The van der Waals surface area contributed by atoms with E-state index in [1.54, 1.807) is 0 Å². The Morgan fingerprint density at radius 3 is 2.62 bits per heavy atom. The van der Waals surface area contributed by atoms with Gasteiger partial charge in [0.15, 0.2) is 0 Å². The van der Waals surface area contributed by atoms with Crippen LogP contribution in [0.15, 0.2) is 47.2 Å². The molecule has 1 heterocycles. The molecule has 0 aromatic carbocycles. The summed E-state index contributed by atoms with van der Waals surface area (Å²) in [5, 5.41) is 0. The first-order valence-electron chi connectivity index (χ1n) is 6.02. The predicted octanol–water partition coefficient (Wildman–Crippen LogP) is 3.67. The third kappa shape index (κ3) is 1.75. The fraction of sp³-hybridized carbons (Fsp3) is 0.467. The maximum Gasteiger partial charge on any atom is 0.0405 e. The van der Waals surface area contributed by atoms with Gasteiger partial charge in [0.25, 0.3) is 0 Å². The summed E-state index contributed by atoms with van der Waals surface area (Å²) in [6, 6.07) is 0. The number of hydrogen-bond acceptors (Lipinski definition) is 1. The highest BCUT2D eigenvalue weighted by atomic mass is 15.1. The van der Waals surface area contributed by atoms with E-state index in [1.165, 1.54) is 16.8 Å². The van der Waals surface area contributed by atoms with Crippen LogP contribution >= 0.6 is 0 Å². The molecule has 0 amide bonds. The Kier molecular flexibility index (Phi) is 2.79. The highest BCUT2D eigenvalue weighted by Gasteiger charge is 2.36. The normalized spacial score (nSPS) is 30.0. The number of nitrogens with zero attached hydrogens (tertiary/aromatic N) is 1. The fourth-order valence-electron chi connectivity index (χ4n) is 2.82. The van der Waals surface area contributed by atoms with Gasteiger partial charge in [0, 0.05) is 24.7 Å². The van der Waals surface area contributed by atoms with Gasteiger partial charge < -0.3 is 4.90 Å². The summed E-state index contributed by atoms with van der Waals surface area (Å²) in [4.78, 5) is 2.37. The van der Waals surface area contributed by atoms with Crippen molar-refractivity contribution in [1.82, 2.24) is 4.90 Å². The van der Waals surface area contributed by atoms with Crippen LogP contribution in [-0.2, 0) is 0 Å². The Morgan fingerprint density at radius 2 is 1.94 bits per heavy atom. The van der Waals surface area contributed by atoms with Crippen LogP contribution in [0.3, 0.4) is 0 Å². The van der Waals surface area contributed by atoms with Crippen LogP contribution in [0.1, 0.15) is 27.2 Å². The zero-order chi connectivity index (χ0) is 11.8. The molecule has 0 fully saturated rings. The first-order chi connectivity index (χ1) is 7.56. The number of allylic oxidation sites excluding steroid dienone is 6. The van der Waals surface area contributed by atoms with E-state index in [2.05, 4.69) is 63.1 Å². The van der Waals surface area contributed by atoms with E-state index in [0.717, 1.165) is 13.0 Å². The highest BCUT2D eigenvalue weighted by molar-refractivity contribution is 5.52. The molecule has 0 bridgehead atoms. The molecule has 0 atom stereocenters. The van der Waals surface area contributed by atoms with Gasteiger partial charge in [0.1, 0.15) is 0 Å². The summed E-state index contributed by atoms with van der Waals surface area (Å²) < 4.78 is 0. The minimum atomic E-state index is 0.248. The van der Waals surface area contributed by atoms with Crippen LogP contribution in [0.4, 0.5) is 0 Å². The van der Waals surface area contributed by atoms with Gasteiger partial charge in [0.2, 0.25) is 0 Å². The molecule has 0 N–H and O–H groups in total. The van der Waals surface area contributed by atoms with Gasteiger partial charge in [-0.05, 0) is 30.6 Å². The smallest absolute Gasteiger partial charge is 0.0405 e. The van der Waals surface area contributed by atoms with Gasteiger partial charge in [-0.1, -0.05) is 38.2 Å². The summed E-state index contributed by atoms with van der Waals surface area (Å²) in [5.74, 6) is 0. The van der Waals surface area contributed by atoms with Crippen molar-refractivity contribution in [2.75, 3.05) is 13.6 Å². The van der Waals surface area contributed by atoms with Crippen molar-refractivity contribution >= 4 is 0 Å². The average molecular weight is 215 g/mol. The van der Waals surface area contributed by atoms with Crippen molar-refractivity contribution in [1.29, 1.82) is 0 Å². The topological polar surface area (TPSA) is 3.24 Å². The SMILES string of the molecule is C/C=C1\C=C/C/C=C\C2=C1C(C)(C)CN2C. The maximum absolute atomic E-state index is 2.37. The first kappa shape index (κ1) is 11.3. The van der Waals surface area contributed by atoms with E-state index < -0.39 is 0 Å². The molecule has 0 saturated carbocycles. The summed E-state index contributed by atoms with van der Waals surface area (Å²) >= 11 is 0. The molecule has 0 radical (unpaired) electrons. The Bertz CT molecular complexity index is 405. The third-order valence-electron chi connectivity index (χ3n) is 3.42. The fourth-order valence-corrected chi connectivity index (χ4v) is 2.82. The van der Waals surface area contributed by atoms with Crippen molar-refractivity contribution in [3.05, 3.63) is 47.2 Å². The van der Waals surface area contributed by atoms with Crippen molar-refractivity contribution in [2.24, 2.45) is 5.41 Å². The molecule has 1 aliphatic carbocycles.